The largest absolute Gasteiger partial charge is 0.352 e. The van der Waals surface area contributed by atoms with Crippen LogP contribution in [0.1, 0.15) is 28.8 Å². The molecule has 0 bridgehead atoms. The Morgan fingerprint density at radius 3 is 2.91 bits per heavy atom. The zero-order valence-electron chi connectivity index (χ0n) is 12.1. The lowest BCUT2D eigenvalue weighted by atomic mass is 10.1. The molecule has 0 aliphatic rings. The van der Waals surface area contributed by atoms with Gasteiger partial charge < -0.3 is 5.32 Å². The van der Waals surface area contributed by atoms with Crippen molar-refractivity contribution < 1.29 is 4.79 Å². The second-order valence-corrected chi connectivity index (χ2v) is 5.08. The number of carbonyl (C=O) groups is 1. The molecule has 0 atom stereocenters. The molecule has 1 amide bonds. The Hall–Kier alpha value is -2.76. The van der Waals surface area contributed by atoms with Crippen LogP contribution in [-0.4, -0.2) is 32.0 Å². The van der Waals surface area contributed by atoms with Crippen LogP contribution in [0.4, 0.5) is 0 Å². The van der Waals surface area contributed by atoms with Crippen molar-refractivity contribution >= 4 is 11.6 Å². The summed E-state index contributed by atoms with van der Waals surface area (Å²) in [5.74, 6) is -0.0746. The summed E-state index contributed by atoms with van der Waals surface area (Å²) >= 11 is 0. The van der Waals surface area contributed by atoms with Gasteiger partial charge >= 0.3 is 0 Å². The number of hydrogen-bond donors (Lipinski definition) is 1. The molecule has 0 unspecified atom stereocenters. The number of pyridine rings is 2. The number of hydrogen-bond acceptors (Lipinski definition) is 4. The minimum absolute atomic E-state index is 0.0746. The van der Waals surface area contributed by atoms with Gasteiger partial charge in [-0.05, 0) is 49.1 Å². The molecule has 3 aromatic heterocycles. The van der Waals surface area contributed by atoms with E-state index in [-0.39, 0.29) is 5.91 Å². The second kappa shape index (κ2) is 6.80. The van der Waals surface area contributed by atoms with Crippen molar-refractivity contribution in [3.05, 3.63) is 60.3 Å². The number of nitrogens with one attached hydrogen (secondary N) is 1. The Morgan fingerprint density at radius 2 is 2.05 bits per heavy atom. The van der Waals surface area contributed by atoms with Crippen LogP contribution < -0.4 is 5.32 Å². The van der Waals surface area contributed by atoms with Crippen molar-refractivity contribution in [1.29, 1.82) is 0 Å². The molecule has 6 heteroatoms. The van der Waals surface area contributed by atoms with Crippen LogP contribution >= 0.6 is 0 Å². The van der Waals surface area contributed by atoms with Crippen LogP contribution in [0.5, 0.6) is 0 Å². The molecule has 3 heterocycles. The van der Waals surface area contributed by atoms with Crippen LogP contribution in [0, 0.1) is 0 Å². The third-order valence-electron chi connectivity index (χ3n) is 3.49. The average Bonchev–Trinajstić information content (AvgIpc) is 3.03. The normalized spacial score (nSPS) is 10.7. The zero-order valence-corrected chi connectivity index (χ0v) is 12.1. The van der Waals surface area contributed by atoms with Crippen LogP contribution in [0.25, 0.3) is 5.65 Å². The van der Waals surface area contributed by atoms with Gasteiger partial charge in [0.15, 0.2) is 5.65 Å². The Labute approximate surface area is 128 Å². The SMILES string of the molecule is O=C(NCCCCc1ccncc1)c1ccn2cnnc2c1. The van der Waals surface area contributed by atoms with Gasteiger partial charge in [-0.3, -0.25) is 14.2 Å². The fraction of sp³-hybridized carbons (Fsp3) is 0.250. The van der Waals surface area contributed by atoms with E-state index in [1.165, 1.54) is 5.56 Å². The predicted molar refractivity (Wildman–Crippen MR) is 82.5 cm³/mol. The molecule has 3 aromatic rings. The van der Waals surface area contributed by atoms with Gasteiger partial charge in [-0.15, -0.1) is 10.2 Å². The molecule has 0 saturated heterocycles. The summed E-state index contributed by atoms with van der Waals surface area (Å²) in [5.41, 5.74) is 2.55. The van der Waals surface area contributed by atoms with Gasteiger partial charge in [-0.25, -0.2) is 0 Å². The van der Waals surface area contributed by atoms with E-state index in [9.17, 15) is 4.79 Å². The topological polar surface area (TPSA) is 72.2 Å². The number of fused-ring (bicyclic) bond motifs is 1. The van der Waals surface area contributed by atoms with Gasteiger partial charge in [-0.1, -0.05) is 0 Å². The molecule has 22 heavy (non-hydrogen) atoms. The smallest absolute Gasteiger partial charge is 0.251 e. The first-order valence-electron chi connectivity index (χ1n) is 7.29. The third-order valence-corrected chi connectivity index (χ3v) is 3.49. The Balaban J connectivity index is 1.44. The highest BCUT2D eigenvalue weighted by atomic mass is 16.1. The van der Waals surface area contributed by atoms with E-state index < -0.39 is 0 Å². The summed E-state index contributed by atoms with van der Waals surface area (Å²) in [6, 6.07) is 7.54. The lowest BCUT2D eigenvalue weighted by Crippen LogP contribution is -2.24. The number of amides is 1. The molecule has 0 aliphatic carbocycles. The number of unbranched alkanes of at least 4 members (excludes halogenated alkanes) is 1. The lowest BCUT2D eigenvalue weighted by Gasteiger charge is -2.05. The van der Waals surface area contributed by atoms with Crippen molar-refractivity contribution in [2.24, 2.45) is 0 Å². The molecule has 0 saturated carbocycles. The van der Waals surface area contributed by atoms with E-state index in [4.69, 9.17) is 0 Å². The zero-order chi connectivity index (χ0) is 15.2. The van der Waals surface area contributed by atoms with Crippen molar-refractivity contribution in [3.8, 4) is 0 Å². The Kier molecular flexibility index (Phi) is 4.38. The van der Waals surface area contributed by atoms with Gasteiger partial charge in [0.05, 0.1) is 0 Å². The monoisotopic (exact) mass is 295 g/mol. The molecule has 3 rings (SSSR count). The highest BCUT2D eigenvalue weighted by Gasteiger charge is 2.06. The lowest BCUT2D eigenvalue weighted by molar-refractivity contribution is 0.0953. The molecular weight excluding hydrogens is 278 g/mol. The first-order chi connectivity index (χ1) is 10.8. The van der Waals surface area contributed by atoms with E-state index in [0.29, 0.717) is 17.8 Å². The first-order valence-corrected chi connectivity index (χ1v) is 7.29. The fourth-order valence-corrected chi connectivity index (χ4v) is 2.27. The maximum absolute atomic E-state index is 12.1. The highest BCUT2D eigenvalue weighted by Crippen LogP contribution is 2.05. The molecule has 0 fully saturated rings. The Bertz CT molecular complexity index is 753. The fourth-order valence-electron chi connectivity index (χ4n) is 2.27. The molecule has 0 aliphatic heterocycles. The van der Waals surface area contributed by atoms with E-state index in [1.807, 2.05) is 12.1 Å². The highest BCUT2D eigenvalue weighted by molar-refractivity contribution is 5.94. The average molecular weight is 295 g/mol. The van der Waals surface area contributed by atoms with Gasteiger partial charge in [0.25, 0.3) is 5.91 Å². The van der Waals surface area contributed by atoms with Crippen LogP contribution in [0.3, 0.4) is 0 Å². The summed E-state index contributed by atoms with van der Waals surface area (Å²) in [6.45, 7) is 0.668. The molecule has 6 nitrogen and oxygen atoms in total. The molecular formula is C16H17N5O. The van der Waals surface area contributed by atoms with Crippen molar-refractivity contribution in [2.45, 2.75) is 19.3 Å². The van der Waals surface area contributed by atoms with Crippen molar-refractivity contribution in [3.63, 3.8) is 0 Å². The van der Waals surface area contributed by atoms with E-state index >= 15 is 0 Å². The number of aromatic nitrogens is 4. The molecule has 0 aromatic carbocycles. The predicted octanol–water partition coefficient (Wildman–Crippen LogP) is 1.88. The summed E-state index contributed by atoms with van der Waals surface area (Å²) in [5, 5.41) is 10.7. The third kappa shape index (κ3) is 3.46. The summed E-state index contributed by atoms with van der Waals surface area (Å²) < 4.78 is 1.77. The van der Waals surface area contributed by atoms with Crippen molar-refractivity contribution in [2.75, 3.05) is 6.54 Å². The van der Waals surface area contributed by atoms with E-state index in [1.54, 1.807) is 41.5 Å². The minimum atomic E-state index is -0.0746. The number of aryl methyl sites for hydroxylation is 1. The first kappa shape index (κ1) is 14.2. The van der Waals surface area contributed by atoms with Crippen molar-refractivity contribution in [1.82, 2.24) is 24.9 Å². The van der Waals surface area contributed by atoms with E-state index in [2.05, 4.69) is 20.5 Å². The summed E-state index contributed by atoms with van der Waals surface area (Å²) in [6.07, 6.45) is 9.98. The Morgan fingerprint density at radius 1 is 1.18 bits per heavy atom. The number of nitrogens with zero attached hydrogens (tertiary/aromatic N) is 4. The number of rotatable bonds is 6. The number of carbonyl (C=O) groups excluding carboxylic acids is 1. The standard InChI is InChI=1S/C16H17N5O/c22-16(14-6-10-21-12-19-20-15(21)11-14)18-7-2-1-3-13-4-8-17-9-5-13/h4-6,8-12H,1-3,7H2,(H,18,22). The molecule has 112 valence electrons. The maximum atomic E-state index is 12.1. The molecule has 0 radical (unpaired) electrons. The van der Waals surface area contributed by atoms with E-state index in [0.717, 1.165) is 19.3 Å². The van der Waals surface area contributed by atoms with Gasteiger partial charge in [-0.2, -0.15) is 0 Å². The maximum Gasteiger partial charge on any atom is 0.251 e. The van der Waals surface area contributed by atoms with Crippen LogP contribution in [-0.2, 0) is 6.42 Å². The summed E-state index contributed by atoms with van der Waals surface area (Å²) in [7, 11) is 0. The molecule has 1 N–H and O–H groups in total. The minimum Gasteiger partial charge on any atom is -0.352 e. The summed E-state index contributed by atoms with van der Waals surface area (Å²) in [4.78, 5) is 16.1. The second-order valence-electron chi connectivity index (χ2n) is 5.08. The van der Waals surface area contributed by atoms with Gasteiger partial charge in [0.1, 0.15) is 6.33 Å². The van der Waals surface area contributed by atoms with Crippen LogP contribution in [0.2, 0.25) is 0 Å². The van der Waals surface area contributed by atoms with Crippen LogP contribution in [0.15, 0.2) is 49.2 Å². The van der Waals surface area contributed by atoms with Gasteiger partial charge in [0.2, 0.25) is 0 Å². The molecule has 0 spiro atoms. The quantitative estimate of drug-likeness (QED) is 0.705. The van der Waals surface area contributed by atoms with Gasteiger partial charge in [0, 0.05) is 30.7 Å².